The Kier molecular flexibility index (Phi) is 4.80. The maximum atomic E-state index is 12.9. The maximum Gasteiger partial charge on any atom is 0.404 e. The van der Waals surface area contributed by atoms with Gasteiger partial charge in [-0.3, -0.25) is 4.84 Å². The molecule has 3 N–H and O–H groups in total. The Morgan fingerprint density at radius 2 is 2.07 bits per heavy atom. The number of hydrogen-bond acceptors (Lipinski definition) is 5. The summed E-state index contributed by atoms with van der Waals surface area (Å²) >= 11 is 0. The van der Waals surface area contributed by atoms with Crippen LogP contribution in [0.4, 0.5) is 14.4 Å². The standard InChI is InChI=1S/C18H20N6O5/c1-19-16(25)23-8-12-14-9-22(13(15(12)21-23)7-20-17(26)27)18(28)24(14)29-10-11-5-3-2-4-6-11/h2-6,8,13-14,20H,7,9-10H2,1H3,(H,19,25)(H,26,27). The summed E-state index contributed by atoms with van der Waals surface area (Å²) in [5.74, 6) is 0. The summed E-state index contributed by atoms with van der Waals surface area (Å²) in [6, 6.07) is 7.55. The molecule has 0 saturated carbocycles. The number of rotatable bonds is 5. The molecule has 2 aliphatic rings. The second kappa shape index (κ2) is 7.43. The number of amides is 4. The van der Waals surface area contributed by atoms with Crippen molar-refractivity contribution < 1.29 is 24.3 Å². The van der Waals surface area contributed by atoms with Crippen LogP contribution in [0.3, 0.4) is 0 Å². The van der Waals surface area contributed by atoms with Gasteiger partial charge in [0.1, 0.15) is 12.6 Å². The molecule has 1 saturated heterocycles. The lowest BCUT2D eigenvalue weighted by molar-refractivity contribution is -0.141. The monoisotopic (exact) mass is 400 g/mol. The Balaban J connectivity index is 1.64. The smallest absolute Gasteiger partial charge is 0.404 e. The van der Waals surface area contributed by atoms with E-state index in [1.54, 1.807) is 6.20 Å². The highest BCUT2D eigenvalue weighted by atomic mass is 16.7. The van der Waals surface area contributed by atoms with E-state index in [0.29, 0.717) is 17.8 Å². The number of hydrogen-bond donors (Lipinski definition) is 3. The van der Waals surface area contributed by atoms with Crippen molar-refractivity contribution in [3.05, 3.63) is 53.3 Å². The van der Waals surface area contributed by atoms with E-state index < -0.39 is 24.2 Å². The third-order valence-electron chi connectivity index (χ3n) is 4.99. The highest BCUT2D eigenvalue weighted by Crippen LogP contribution is 2.43. The Morgan fingerprint density at radius 1 is 1.31 bits per heavy atom. The molecule has 0 spiro atoms. The lowest BCUT2D eigenvalue weighted by Crippen LogP contribution is -2.41. The summed E-state index contributed by atoms with van der Waals surface area (Å²) in [5.41, 5.74) is 2.03. The van der Waals surface area contributed by atoms with Crippen LogP contribution >= 0.6 is 0 Å². The fraction of sp³-hybridized carbons (Fsp3) is 0.333. The molecular weight excluding hydrogens is 380 g/mol. The van der Waals surface area contributed by atoms with Gasteiger partial charge in [0.15, 0.2) is 0 Å². The fourth-order valence-electron chi connectivity index (χ4n) is 3.62. The number of carbonyl (C=O) groups excluding carboxylic acids is 2. The molecule has 2 bridgehead atoms. The molecule has 2 atom stereocenters. The molecule has 0 radical (unpaired) electrons. The maximum absolute atomic E-state index is 12.9. The van der Waals surface area contributed by atoms with Crippen molar-refractivity contribution in [2.75, 3.05) is 20.1 Å². The number of benzene rings is 1. The molecular formula is C18H20N6O5. The number of hydroxylamine groups is 2. The van der Waals surface area contributed by atoms with Crippen LogP contribution < -0.4 is 10.6 Å². The van der Waals surface area contributed by atoms with Crippen molar-refractivity contribution in [2.45, 2.75) is 18.7 Å². The van der Waals surface area contributed by atoms with Crippen LogP contribution in [0.25, 0.3) is 0 Å². The molecule has 4 rings (SSSR count). The third kappa shape index (κ3) is 3.36. The quantitative estimate of drug-likeness (QED) is 0.694. The third-order valence-corrected chi connectivity index (χ3v) is 4.99. The average molecular weight is 400 g/mol. The predicted molar refractivity (Wildman–Crippen MR) is 98.8 cm³/mol. The van der Waals surface area contributed by atoms with E-state index in [-0.39, 0.29) is 19.2 Å². The summed E-state index contributed by atoms with van der Waals surface area (Å²) in [6.45, 7) is 0.470. The Bertz CT molecular complexity index is 945. The van der Waals surface area contributed by atoms with Crippen molar-refractivity contribution in [3.63, 3.8) is 0 Å². The van der Waals surface area contributed by atoms with E-state index in [4.69, 9.17) is 9.94 Å². The first-order valence-electron chi connectivity index (χ1n) is 9.04. The van der Waals surface area contributed by atoms with Gasteiger partial charge in [0.05, 0.1) is 18.3 Å². The van der Waals surface area contributed by atoms with Crippen LogP contribution in [0.1, 0.15) is 28.9 Å². The normalized spacial score (nSPS) is 19.8. The average Bonchev–Trinajstić information content (AvgIpc) is 3.28. The van der Waals surface area contributed by atoms with Gasteiger partial charge in [-0.25, -0.2) is 14.4 Å². The van der Waals surface area contributed by atoms with E-state index in [0.717, 1.165) is 10.2 Å². The number of carbonyl (C=O) groups is 3. The Morgan fingerprint density at radius 3 is 2.76 bits per heavy atom. The number of fused-ring (bicyclic) bond motifs is 4. The van der Waals surface area contributed by atoms with Crippen LogP contribution in [0.15, 0.2) is 36.5 Å². The fourth-order valence-corrected chi connectivity index (χ4v) is 3.62. The van der Waals surface area contributed by atoms with Gasteiger partial charge in [0.25, 0.3) is 0 Å². The summed E-state index contributed by atoms with van der Waals surface area (Å²) in [5, 5.41) is 19.4. The Hall–Kier alpha value is -3.60. The number of nitrogens with zero attached hydrogens (tertiary/aromatic N) is 4. The minimum atomic E-state index is -1.21. The molecule has 1 aromatic heterocycles. The first-order chi connectivity index (χ1) is 14.0. The zero-order valence-corrected chi connectivity index (χ0v) is 15.6. The largest absolute Gasteiger partial charge is 0.465 e. The molecule has 29 heavy (non-hydrogen) atoms. The van der Waals surface area contributed by atoms with Crippen LogP contribution in [0.2, 0.25) is 0 Å². The SMILES string of the molecule is CNC(=O)n1cc2c(n1)C(CNC(=O)O)N1CC2N(OCc2ccccc2)C1=O. The molecule has 11 heteroatoms. The summed E-state index contributed by atoms with van der Waals surface area (Å²) in [7, 11) is 1.49. The van der Waals surface area contributed by atoms with Crippen LogP contribution in [-0.4, -0.2) is 63.1 Å². The minimum absolute atomic E-state index is 0.0436. The van der Waals surface area contributed by atoms with Crippen molar-refractivity contribution in [1.82, 2.24) is 30.4 Å². The molecule has 2 aromatic rings. The Labute approximate surface area is 165 Å². The van der Waals surface area contributed by atoms with E-state index in [1.165, 1.54) is 17.0 Å². The van der Waals surface area contributed by atoms with Gasteiger partial charge < -0.3 is 20.6 Å². The van der Waals surface area contributed by atoms with Crippen molar-refractivity contribution in [2.24, 2.45) is 0 Å². The number of aromatic nitrogens is 2. The number of nitrogens with one attached hydrogen (secondary N) is 2. The predicted octanol–water partition coefficient (Wildman–Crippen LogP) is 1.30. The van der Waals surface area contributed by atoms with E-state index >= 15 is 0 Å². The summed E-state index contributed by atoms with van der Waals surface area (Å²) in [4.78, 5) is 43.3. The van der Waals surface area contributed by atoms with Crippen molar-refractivity contribution in [1.29, 1.82) is 0 Å². The molecule has 0 aliphatic carbocycles. The number of carboxylic acid groups (broad SMARTS) is 1. The van der Waals surface area contributed by atoms with Gasteiger partial charge in [0, 0.05) is 25.4 Å². The van der Waals surface area contributed by atoms with Crippen molar-refractivity contribution >= 4 is 18.2 Å². The van der Waals surface area contributed by atoms with E-state index in [9.17, 15) is 14.4 Å². The molecule has 2 aliphatic heterocycles. The summed E-state index contributed by atoms with van der Waals surface area (Å²) < 4.78 is 1.15. The van der Waals surface area contributed by atoms with Gasteiger partial charge in [-0.15, -0.1) is 0 Å². The highest BCUT2D eigenvalue weighted by molar-refractivity contribution is 5.79. The molecule has 3 heterocycles. The molecule has 4 amide bonds. The van der Waals surface area contributed by atoms with Crippen molar-refractivity contribution in [3.8, 4) is 0 Å². The lowest BCUT2D eigenvalue weighted by atomic mass is 9.98. The topological polar surface area (TPSA) is 129 Å². The first kappa shape index (κ1) is 18.7. The highest BCUT2D eigenvalue weighted by Gasteiger charge is 2.50. The van der Waals surface area contributed by atoms with E-state index in [1.807, 2.05) is 30.3 Å². The van der Waals surface area contributed by atoms with Crippen LogP contribution in [-0.2, 0) is 11.4 Å². The molecule has 11 nitrogen and oxygen atoms in total. The van der Waals surface area contributed by atoms with Gasteiger partial charge >= 0.3 is 18.2 Å². The molecule has 152 valence electrons. The molecule has 2 unspecified atom stereocenters. The van der Waals surface area contributed by atoms with Gasteiger partial charge in [-0.1, -0.05) is 30.3 Å². The molecule has 1 fully saturated rings. The second-order valence-electron chi connectivity index (χ2n) is 6.71. The van der Waals surface area contributed by atoms with Crippen LogP contribution in [0.5, 0.6) is 0 Å². The molecule has 1 aromatic carbocycles. The summed E-state index contributed by atoms with van der Waals surface area (Å²) in [6.07, 6.45) is 0.352. The second-order valence-corrected chi connectivity index (χ2v) is 6.71. The van der Waals surface area contributed by atoms with Gasteiger partial charge in [0.2, 0.25) is 0 Å². The van der Waals surface area contributed by atoms with Gasteiger partial charge in [-0.05, 0) is 5.56 Å². The minimum Gasteiger partial charge on any atom is -0.465 e. The van der Waals surface area contributed by atoms with E-state index in [2.05, 4.69) is 15.7 Å². The lowest BCUT2D eigenvalue weighted by Gasteiger charge is -2.29. The first-order valence-corrected chi connectivity index (χ1v) is 9.04. The van der Waals surface area contributed by atoms with Gasteiger partial charge in [-0.2, -0.15) is 14.8 Å². The van der Waals surface area contributed by atoms with Crippen LogP contribution in [0, 0.1) is 0 Å². The zero-order chi connectivity index (χ0) is 20.5. The zero-order valence-electron chi connectivity index (χ0n) is 15.6. The number of urea groups is 1.